The first kappa shape index (κ1) is 22.3. The smallest absolute Gasteiger partial charge is 0.267 e. The summed E-state index contributed by atoms with van der Waals surface area (Å²) in [6, 6.07) is 6.71. The number of carbonyl (C=O) groups is 1. The van der Waals surface area contributed by atoms with Gasteiger partial charge in [0.1, 0.15) is 27.7 Å². The van der Waals surface area contributed by atoms with Crippen LogP contribution < -0.4 is 10.5 Å². The lowest BCUT2D eigenvalue weighted by molar-refractivity contribution is 0.0997. The Morgan fingerprint density at radius 3 is 2.58 bits per heavy atom. The number of aromatic amines is 1. The van der Waals surface area contributed by atoms with E-state index in [1.807, 2.05) is 0 Å². The Labute approximate surface area is 185 Å². The van der Waals surface area contributed by atoms with Crippen LogP contribution in [0.1, 0.15) is 16.1 Å². The minimum Gasteiger partial charge on any atom is -0.480 e. The predicted molar refractivity (Wildman–Crippen MR) is 112 cm³/mol. The fraction of sp³-hybridized carbons (Fsp3) is 0.0952. The van der Waals surface area contributed by atoms with Crippen molar-refractivity contribution < 1.29 is 31.1 Å². The zero-order valence-electron chi connectivity index (χ0n) is 16.9. The van der Waals surface area contributed by atoms with Crippen molar-refractivity contribution in [3.8, 4) is 17.0 Å². The summed E-state index contributed by atoms with van der Waals surface area (Å²) in [6.07, 6.45) is 1.33. The van der Waals surface area contributed by atoms with Gasteiger partial charge in [-0.25, -0.2) is 26.6 Å². The number of primary amides is 1. The Hall–Kier alpha value is -3.93. The maximum atomic E-state index is 15.3. The van der Waals surface area contributed by atoms with E-state index in [0.29, 0.717) is 0 Å². The van der Waals surface area contributed by atoms with Crippen LogP contribution in [0.4, 0.5) is 13.2 Å². The number of hydrogen-bond donors (Lipinski definition) is 2. The molecular formula is C21H15F3N4O4S. The van der Waals surface area contributed by atoms with Gasteiger partial charge in [0.15, 0.2) is 15.7 Å². The van der Waals surface area contributed by atoms with Crippen molar-refractivity contribution >= 4 is 26.6 Å². The second kappa shape index (κ2) is 8.20. The molecule has 4 rings (SSSR count). The third kappa shape index (κ3) is 3.78. The molecule has 0 spiro atoms. The van der Waals surface area contributed by atoms with E-state index in [4.69, 9.17) is 10.5 Å². The molecule has 2 aromatic carbocycles. The quantitative estimate of drug-likeness (QED) is 0.440. The third-order valence-corrected chi connectivity index (χ3v) is 6.63. The van der Waals surface area contributed by atoms with Gasteiger partial charge >= 0.3 is 0 Å². The van der Waals surface area contributed by atoms with E-state index in [1.54, 1.807) is 0 Å². The van der Waals surface area contributed by atoms with Crippen LogP contribution in [-0.2, 0) is 15.6 Å². The lowest BCUT2D eigenvalue weighted by Gasteiger charge is -2.12. The molecule has 0 atom stereocenters. The number of benzene rings is 2. The van der Waals surface area contributed by atoms with Gasteiger partial charge < -0.3 is 10.5 Å². The van der Waals surface area contributed by atoms with Gasteiger partial charge in [0.25, 0.3) is 5.91 Å². The molecule has 2 aromatic heterocycles. The van der Waals surface area contributed by atoms with Crippen LogP contribution in [0, 0.1) is 17.5 Å². The molecule has 0 saturated heterocycles. The zero-order valence-corrected chi connectivity index (χ0v) is 17.7. The number of nitrogens with zero attached hydrogens (tertiary/aromatic N) is 2. The van der Waals surface area contributed by atoms with Crippen LogP contribution >= 0.6 is 0 Å². The van der Waals surface area contributed by atoms with Crippen molar-refractivity contribution in [3.05, 3.63) is 71.3 Å². The molecule has 0 aliphatic carbocycles. The summed E-state index contributed by atoms with van der Waals surface area (Å²) in [7, 11) is -2.92. The lowest BCUT2D eigenvalue weighted by Crippen LogP contribution is -2.11. The van der Waals surface area contributed by atoms with E-state index in [2.05, 4.69) is 15.2 Å². The van der Waals surface area contributed by atoms with E-state index in [0.717, 1.165) is 18.2 Å². The van der Waals surface area contributed by atoms with Crippen molar-refractivity contribution in [3.63, 3.8) is 0 Å². The van der Waals surface area contributed by atoms with Crippen molar-refractivity contribution in [2.45, 2.75) is 10.6 Å². The van der Waals surface area contributed by atoms with E-state index in [-0.39, 0.29) is 27.4 Å². The predicted octanol–water partition coefficient (Wildman–Crippen LogP) is 3.12. The minimum atomic E-state index is -4.15. The van der Waals surface area contributed by atoms with Crippen molar-refractivity contribution in [1.29, 1.82) is 0 Å². The summed E-state index contributed by atoms with van der Waals surface area (Å²) in [5, 5.41) is 5.98. The number of amides is 1. The first-order valence-corrected chi connectivity index (χ1v) is 11.0. The Bertz CT molecular complexity index is 1520. The number of halogens is 3. The molecule has 1 amide bonds. The average Bonchev–Trinajstić information content (AvgIpc) is 3.22. The second-order valence-corrected chi connectivity index (χ2v) is 8.91. The Balaban J connectivity index is 1.83. The molecule has 0 radical (unpaired) electrons. The molecule has 12 heteroatoms. The number of rotatable bonds is 6. The van der Waals surface area contributed by atoms with Gasteiger partial charge in [-0.2, -0.15) is 5.10 Å². The molecule has 0 aliphatic rings. The number of sulfone groups is 1. The van der Waals surface area contributed by atoms with Crippen LogP contribution in [0.25, 0.3) is 22.0 Å². The Morgan fingerprint density at radius 2 is 1.88 bits per heavy atom. The number of hydrogen-bond acceptors (Lipinski definition) is 6. The fourth-order valence-electron chi connectivity index (χ4n) is 3.43. The number of nitrogens with two attached hydrogens (primary N) is 1. The first-order chi connectivity index (χ1) is 15.7. The Kier molecular flexibility index (Phi) is 5.54. The van der Waals surface area contributed by atoms with Crippen LogP contribution in [0.15, 0.2) is 47.5 Å². The minimum absolute atomic E-state index is 0.0342. The van der Waals surface area contributed by atoms with Gasteiger partial charge in [-0.05, 0) is 24.3 Å². The summed E-state index contributed by atoms with van der Waals surface area (Å²) < 4.78 is 75.7. The summed E-state index contributed by atoms with van der Waals surface area (Å²) >= 11 is 0. The molecule has 4 aromatic rings. The highest BCUT2D eigenvalue weighted by Gasteiger charge is 2.27. The van der Waals surface area contributed by atoms with Crippen molar-refractivity contribution in [2.75, 3.05) is 7.11 Å². The van der Waals surface area contributed by atoms with Gasteiger partial charge in [-0.15, -0.1) is 0 Å². The van der Waals surface area contributed by atoms with E-state index in [9.17, 15) is 17.6 Å². The SMILES string of the molecule is COc1ncccc1S(=O)(=O)Cc1ccc(F)c(-c2ccc3c(C(N)=O)[nH]nc3c2F)c1F. The van der Waals surface area contributed by atoms with E-state index in [1.165, 1.54) is 31.5 Å². The maximum absolute atomic E-state index is 15.3. The van der Waals surface area contributed by atoms with Crippen molar-refractivity contribution in [2.24, 2.45) is 5.73 Å². The van der Waals surface area contributed by atoms with Crippen LogP contribution in [0.3, 0.4) is 0 Å². The molecule has 0 bridgehead atoms. The summed E-state index contributed by atoms with van der Waals surface area (Å²) in [5.41, 5.74) is 3.01. The lowest BCUT2D eigenvalue weighted by atomic mass is 9.99. The van der Waals surface area contributed by atoms with Crippen molar-refractivity contribution in [1.82, 2.24) is 15.2 Å². The summed E-state index contributed by atoms with van der Waals surface area (Å²) in [5.74, 6) is -5.41. The number of aromatic nitrogens is 3. The van der Waals surface area contributed by atoms with Gasteiger partial charge in [-0.1, -0.05) is 12.1 Å². The highest BCUT2D eigenvalue weighted by Crippen LogP contribution is 2.35. The highest BCUT2D eigenvalue weighted by atomic mass is 32.2. The monoisotopic (exact) mass is 476 g/mol. The first-order valence-electron chi connectivity index (χ1n) is 9.31. The van der Waals surface area contributed by atoms with Gasteiger partial charge in [0.05, 0.1) is 18.4 Å². The number of H-pyrrole nitrogens is 1. The standard InChI is InChI=1S/C21H15F3N4O4S/c1-32-21-14(3-2-8-26-21)33(30,31)9-10-4-7-13(22)15(16(10)23)11-5-6-12-18(17(11)24)27-28-19(12)20(25)29/h2-8H,9H2,1H3,(H2,25,29)(H,27,28). The maximum Gasteiger partial charge on any atom is 0.267 e. The number of ether oxygens (including phenoxy) is 1. The number of pyridine rings is 1. The van der Waals surface area contributed by atoms with Gasteiger partial charge in [0, 0.05) is 22.7 Å². The average molecular weight is 476 g/mol. The summed E-state index contributed by atoms with van der Waals surface area (Å²) in [4.78, 5) is 15.0. The number of nitrogens with one attached hydrogen (secondary N) is 1. The van der Waals surface area contributed by atoms with Crippen LogP contribution in [-0.4, -0.2) is 36.6 Å². The number of methoxy groups -OCH3 is 1. The Morgan fingerprint density at radius 1 is 1.12 bits per heavy atom. The topological polar surface area (TPSA) is 128 Å². The molecule has 2 heterocycles. The molecule has 33 heavy (non-hydrogen) atoms. The van der Waals surface area contributed by atoms with Crippen LogP contribution in [0.2, 0.25) is 0 Å². The molecule has 0 saturated carbocycles. The number of fused-ring (bicyclic) bond motifs is 1. The normalized spacial score (nSPS) is 11.6. The largest absolute Gasteiger partial charge is 0.480 e. The molecular weight excluding hydrogens is 461 g/mol. The van der Waals surface area contributed by atoms with Gasteiger partial charge in [0.2, 0.25) is 5.88 Å². The molecule has 0 unspecified atom stereocenters. The zero-order chi connectivity index (χ0) is 23.9. The fourth-order valence-corrected chi connectivity index (χ4v) is 4.91. The van der Waals surface area contributed by atoms with E-state index >= 15 is 8.78 Å². The second-order valence-electron chi connectivity index (χ2n) is 6.95. The van der Waals surface area contributed by atoms with E-state index < -0.39 is 55.6 Å². The summed E-state index contributed by atoms with van der Waals surface area (Å²) in [6.45, 7) is 0. The molecule has 170 valence electrons. The highest BCUT2D eigenvalue weighted by molar-refractivity contribution is 7.90. The molecule has 0 fully saturated rings. The number of carbonyl (C=O) groups excluding carboxylic acids is 1. The third-order valence-electron chi connectivity index (χ3n) is 4.96. The molecule has 3 N–H and O–H groups in total. The van der Waals surface area contributed by atoms with Crippen LogP contribution in [0.5, 0.6) is 5.88 Å². The van der Waals surface area contributed by atoms with Gasteiger partial charge in [-0.3, -0.25) is 9.89 Å². The molecule has 8 nitrogen and oxygen atoms in total. The molecule has 0 aliphatic heterocycles.